The van der Waals surface area contributed by atoms with E-state index in [1.54, 1.807) is 4.90 Å². The van der Waals surface area contributed by atoms with Crippen LogP contribution in [0.4, 0.5) is 0 Å². The molecule has 1 aromatic carbocycles. The smallest absolute Gasteiger partial charge is 0.275 e. The molecular formula is C21H29N5O. The average molecular weight is 367 g/mol. The molecule has 1 saturated carbocycles. The van der Waals surface area contributed by atoms with Crippen LogP contribution < -0.4 is 0 Å². The van der Waals surface area contributed by atoms with Gasteiger partial charge in [0.2, 0.25) is 0 Å². The summed E-state index contributed by atoms with van der Waals surface area (Å²) >= 11 is 0. The van der Waals surface area contributed by atoms with E-state index in [9.17, 15) is 4.79 Å². The van der Waals surface area contributed by atoms with Gasteiger partial charge >= 0.3 is 0 Å². The molecule has 0 spiro atoms. The molecule has 1 atom stereocenters. The summed E-state index contributed by atoms with van der Waals surface area (Å²) in [6.07, 6.45) is 8.87. The molecule has 0 bridgehead atoms. The highest BCUT2D eigenvalue weighted by Gasteiger charge is 2.27. The minimum atomic E-state index is -0.0377. The van der Waals surface area contributed by atoms with Gasteiger partial charge in [-0.1, -0.05) is 48.7 Å². The zero-order chi connectivity index (χ0) is 18.8. The summed E-state index contributed by atoms with van der Waals surface area (Å²) in [5.74, 6) is -0.0377. The standard InChI is InChI=1S/C21H29N5O/c1-24-13-17-9-7-6-8-16(17)12-19(24)14-25(2)21(27)20-15-26(23-22-20)18-10-4-3-5-11-18/h6-9,15,18-19H,3-5,10-14H2,1-2H3. The second-order valence-electron chi connectivity index (χ2n) is 8.10. The Morgan fingerprint density at radius 1 is 1.19 bits per heavy atom. The number of carbonyl (C=O) groups is 1. The Morgan fingerprint density at radius 3 is 2.70 bits per heavy atom. The van der Waals surface area contributed by atoms with E-state index in [0.717, 1.165) is 25.8 Å². The Kier molecular flexibility index (Phi) is 5.25. The average Bonchev–Trinajstić information content (AvgIpc) is 3.19. The van der Waals surface area contributed by atoms with Crippen LogP contribution in [0.5, 0.6) is 0 Å². The van der Waals surface area contributed by atoms with E-state index in [4.69, 9.17) is 0 Å². The van der Waals surface area contributed by atoms with Gasteiger partial charge in [-0.2, -0.15) is 0 Å². The van der Waals surface area contributed by atoms with Crippen molar-refractivity contribution in [1.29, 1.82) is 0 Å². The highest BCUT2D eigenvalue weighted by atomic mass is 16.2. The zero-order valence-electron chi connectivity index (χ0n) is 16.3. The molecule has 0 saturated heterocycles. The van der Waals surface area contributed by atoms with Gasteiger partial charge in [0.25, 0.3) is 5.91 Å². The largest absolute Gasteiger partial charge is 0.339 e. The van der Waals surface area contributed by atoms with Gasteiger partial charge in [0.05, 0.1) is 12.2 Å². The van der Waals surface area contributed by atoms with Crippen molar-refractivity contribution >= 4 is 5.91 Å². The van der Waals surface area contributed by atoms with Gasteiger partial charge in [0, 0.05) is 26.2 Å². The fraction of sp³-hybridized carbons (Fsp3) is 0.571. The first-order chi connectivity index (χ1) is 13.1. The molecule has 2 aromatic rings. The third-order valence-electron chi connectivity index (χ3n) is 6.13. The fourth-order valence-corrected chi connectivity index (χ4v) is 4.42. The summed E-state index contributed by atoms with van der Waals surface area (Å²) in [5, 5.41) is 8.41. The van der Waals surface area contributed by atoms with Crippen molar-refractivity contribution in [3.8, 4) is 0 Å². The first-order valence-electron chi connectivity index (χ1n) is 10.1. The number of amides is 1. The lowest BCUT2D eigenvalue weighted by Crippen LogP contribution is -2.46. The maximum Gasteiger partial charge on any atom is 0.275 e. The topological polar surface area (TPSA) is 54.3 Å². The Morgan fingerprint density at radius 2 is 1.93 bits per heavy atom. The van der Waals surface area contributed by atoms with Gasteiger partial charge in [-0.25, -0.2) is 4.68 Å². The Hall–Kier alpha value is -2.21. The number of benzene rings is 1. The molecule has 27 heavy (non-hydrogen) atoms. The lowest BCUT2D eigenvalue weighted by atomic mass is 9.94. The molecule has 1 amide bonds. The van der Waals surface area contributed by atoms with E-state index in [-0.39, 0.29) is 5.91 Å². The molecule has 1 unspecified atom stereocenters. The second-order valence-corrected chi connectivity index (χ2v) is 8.10. The van der Waals surface area contributed by atoms with E-state index >= 15 is 0 Å². The predicted octanol–water partition coefficient (Wildman–Crippen LogP) is 2.91. The van der Waals surface area contributed by atoms with E-state index in [1.807, 2.05) is 17.9 Å². The van der Waals surface area contributed by atoms with Crippen molar-refractivity contribution < 1.29 is 4.79 Å². The quantitative estimate of drug-likeness (QED) is 0.834. The number of likely N-dealkylation sites (N-methyl/N-ethyl adjacent to an activating group) is 2. The number of fused-ring (bicyclic) bond motifs is 1. The van der Waals surface area contributed by atoms with Crippen molar-refractivity contribution in [3.05, 3.63) is 47.3 Å². The van der Waals surface area contributed by atoms with Crippen LogP contribution in [0.2, 0.25) is 0 Å². The third kappa shape index (κ3) is 3.90. The van der Waals surface area contributed by atoms with Crippen molar-refractivity contribution in [1.82, 2.24) is 24.8 Å². The van der Waals surface area contributed by atoms with Gasteiger partial charge in [-0.05, 0) is 37.4 Å². The van der Waals surface area contributed by atoms with E-state index < -0.39 is 0 Å². The van der Waals surface area contributed by atoms with Crippen molar-refractivity contribution in [3.63, 3.8) is 0 Å². The molecule has 1 aromatic heterocycles. The summed E-state index contributed by atoms with van der Waals surface area (Å²) < 4.78 is 1.91. The first-order valence-corrected chi connectivity index (χ1v) is 10.1. The van der Waals surface area contributed by atoms with Crippen LogP contribution in [0.15, 0.2) is 30.5 Å². The van der Waals surface area contributed by atoms with Crippen LogP contribution in [0.3, 0.4) is 0 Å². The van der Waals surface area contributed by atoms with Crippen LogP contribution in [0, 0.1) is 0 Å². The molecule has 1 aliphatic heterocycles. The lowest BCUT2D eigenvalue weighted by molar-refractivity contribution is 0.0727. The summed E-state index contributed by atoms with van der Waals surface area (Å²) in [7, 11) is 4.01. The van der Waals surface area contributed by atoms with Crippen LogP contribution in [-0.4, -0.2) is 57.4 Å². The maximum atomic E-state index is 12.9. The van der Waals surface area contributed by atoms with E-state index in [2.05, 4.69) is 46.5 Å². The summed E-state index contributed by atoms with van der Waals surface area (Å²) in [6.45, 7) is 1.63. The van der Waals surface area contributed by atoms with Crippen LogP contribution in [0.25, 0.3) is 0 Å². The third-order valence-corrected chi connectivity index (χ3v) is 6.13. The molecular weight excluding hydrogens is 338 g/mol. The Bertz CT molecular complexity index is 795. The number of carbonyl (C=O) groups excluding carboxylic acids is 1. The van der Waals surface area contributed by atoms with Crippen molar-refractivity contribution in [2.24, 2.45) is 0 Å². The summed E-state index contributed by atoms with van der Waals surface area (Å²) in [6, 6.07) is 9.31. The van der Waals surface area contributed by atoms with Gasteiger partial charge in [0.15, 0.2) is 5.69 Å². The molecule has 1 fully saturated rings. The maximum absolute atomic E-state index is 12.9. The molecule has 144 valence electrons. The molecule has 0 radical (unpaired) electrons. The second kappa shape index (κ2) is 7.80. The molecule has 2 aliphatic rings. The highest BCUT2D eigenvalue weighted by Crippen LogP contribution is 2.27. The minimum Gasteiger partial charge on any atom is -0.339 e. The molecule has 4 rings (SSSR count). The monoisotopic (exact) mass is 367 g/mol. The number of rotatable bonds is 4. The van der Waals surface area contributed by atoms with Crippen LogP contribution in [0.1, 0.15) is 59.8 Å². The Labute approximate surface area is 161 Å². The minimum absolute atomic E-state index is 0.0377. The Balaban J connectivity index is 1.40. The van der Waals surface area contributed by atoms with Crippen LogP contribution >= 0.6 is 0 Å². The van der Waals surface area contributed by atoms with Crippen molar-refractivity contribution in [2.75, 3.05) is 20.6 Å². The van der Waals surface area contributed by atoms with Crippen LogP contribution in [-0.2, 0) is 13.0 Å². The van der Waals surface area contributed by atoms with Gasteiger partial charge in [-0.15, -0.1) is 5.10 Å². The number of hydrogen-bond acceptors (Lipinski definition) is 4. The molecule has 6 heteroatoms. The summed E-state index contributed by atoms with van der Waals surface area (Å²) in [4.78, 5) is 17.0. The number of hydrogen-bond donors (Lipinski definition) is 0. The highest BCUT2D eigenvalue weighted by molar-refractivity contribution is 5.91. The molecule has 2 heterocycles. The predicted molar refractivity (Wildman–Crippen MR) is 105 cm³/mol. The fourth-order valence-electron chi connectivity index (χ4n) is 4.42. The van der Waals surface area contributed by atoms with E-state index in [1.165, 1.54) is 30.4 Å². The van der Waals surface area contributed by atoms with Gasteiger partial charge < -0.3 is 4.90 Å². The van der Waals surface area contributed by atoms with E-state index in [0.29, 0.717) is 24.3 Å². The molecule has 6 nitrogen and oxygen atoms in total. The molecule has 1 aliphatic carbocycles. The number of nitrogens with zero attached hydrogens (tertiary/aromatic N) is 5. The van der Waals surface area contributed by atoms with Gasteiger partial charge in [-0.3, -0.25) is 9.69 Å². The van der Waals surface area contributed by atoms with Crippen molar-refractivity contribution in [2.45, 2.75) is 57.2 Å². The molecule has 0 N–H and O–H groups in total. The lowest BCUT2D eigenvalue weighted by Gasteiger charge is -2.36. The number of aromatic nitrogens is 3. The summed E-state index contributed by atoms with van der Waals surface area (Å²) in [5.41, 5.74) is 3.24. The first kappa shape index (κ1) is 18.2. The normalized spacial score (nSPS) is 21.0. The zero-order valence-corrected chi connectivity index (χ0v) is 16.3. The van der Waals surface area contributed by atoms with Gasteiger partial charge in [0.1, 0.15) is 0 Å². The SMILES string of the molecule is CN(CC1Cc2ccccc2CN1C)C(=O)c1cn(C2CCCCC2)nn1.